The highest BCUT2D eigenvalue weighted by atomic mass is 32.2. The van der Waals surface area contributed by atoms with Crippen molar-refractivity contribution in [2.75, 3.05) is 30.1 Å². The van der Waals surface area contributed by atoms with Crippen molar-refractivity contribution in [3.63, 3.8) is 0 Å². The Morgan fingerprint density at radius 1 is 1.43 bits per heavy atom. The van der Waals surface area contributed by atoms with Crippen LogP contribution in [-0.2, 0) is 14.6 Å². The summed E-state index contributed by atoms with van der Waals surface area (Å²) in [5, 5.41) is 2.93. The monoisotopic (exact) mass is 330 g/mol. The van der Waals surface area contributed by atoms with Crippen LogP contribution in [0.15, 0.2) is 24.5 Å². The van der Waals surface area contributed by atoms with Crippen molar-refractivity contribution in [2.45, 2.75) is 18.9 Å². The minimum atomic E-state index is -2.88. The van der Waals surface area contributed by atoms with Crippen molar-refractivity contribution in [2.24, 2.45) is 5.92 Å². The number of sulfone groups is 1. The van der Waals surface area contributed by atoms with Crippen LogP contribution in [0.3, 0.4) is 0 Å². The molecule has 118 valence electrons. The van der Waals surface area contributed by atoms with Gasteiger partial charge in [0.25, 0.3) is 0 Å². The molecule has 21 heavy (non-hydrogen) atoms. The lowest BCUT2D eigenvalue weighted by atomic mass is 10.1. The lowest BCUT2D eigenvalue weighted by Crippen LogP contribution is -2.36. The molecule has 1 N–H and O–H groups in total. The van der Waals surface area contributed by atoms with Crippen LogP contribution in [0.4, 0.5) is 0 Å². The number of hydrogen-bond acceptors (Lipinski definition) is 4. The zero-order chi connectivity index (χ0) is 15.3. The number of carbonyl (C=O) groups excluding carboxylic acids is 1. The lowest BCUT2D eigenvalue weighted by molar-refractivity contribution is -0.124. The first-order chi connectivity index (χ1) is 10.0. The van der Waals surface area contributed by atoms with Gasteiger partial charge < -0.3 is 9.88 Å². The van der Waals surface area contributed by atoms with E-state index in [9.17, 15) is 13.2 Å². The highest BCUT2D eigenvalue weighted by Gasteiger charge is 2.29. The van der Waals surface area contributed by atoms with E-state index in [1.165, 1.54) is 0 Å². The Labute approximate surface area is 130 Å². The fourth-order valence-corrected chi connectivity index (χ4v) is 4.92. The molecule has 0 bridgehead atoms. The first-order valence-electron chi connectivity index (χ1n) is 7.11. The molecular formula is C14H22N2O3S2. The first kappa shape index (κ1) is 16.4. The summed E-state index contributed by atoms with van der Waals surface area (Å²) in [5.41, 5.74) is 0. The summed E-state index contributed by atoms with van der Waals surface area (Å²) in [4.78, 5) is 12.4. The number of thioether (sulfide) groups is 1. The minimum absolute atomic E-state index is 0.0236. The quantitative estimate of drug-likeness (QED) is 0.819. The van der Waals surface area contributed by atoms with E-state index in [2.05, 4.69) is 5.32 Å². The maximum Gasteiger partial charge on any atom is 0.243 e. The largest absolute Gasteiger partial charge is 0.354 e. The van der Waals surface area contributed by atoms with E-state index in [1.54, 1.807) is 11.8 Å². The molecule has 0 aliphatic carbocycles. The van der Waals surface area contributed by atoms with Gasteiger partial charge in [-0.15, -0.1) is 0 Å². The van der Waals surface area contributed by atoms with Gasteiger partial charge >= 0.3 is 0 Å². The second kappa shape index (κ2) is 7.35. The second-order valence-electron chi connectivity index (χ2n) is 5.44. The van der Waals surface area contributed by atoms with Crippen molar-refractivity contribution in [3.05, 3.63) is 24.5 Å². The number of carbonyl (C=O) groups is 1. The van der Waals surface area contributed by atoms with E-state index in [-0.39, 0.29) is 29.4 Å². The predicted octanol–water partition coefficient (Wildman–Crippen LogP) is 1.33. The van der Waals surface area contributed by atoms with E-state index >= 15 is 0 Å². The number of aromatic nitrogens is 1. The Hall–Kier alpha value is -0.950. The molecule has 2 heterocycles. The molecule has 5 nitrogen and oxygen atoms in total. The van der Waals surface area contributed by atoms with Crippen LogP contribution >= 0.6 is 11.8 Å². The maximum atomic E-state index is 12.4. The maximum absolute atomic E-state index is 12.4. The predicted molar refractivity (Wildman–Crippen MR) is 86.2 cm³/mol. The van der Waals surface area contributed by atoms with E-state index < -0.39 is 9.84 Å². The Balaban J connectivity index is 1.90. The zero-order valence-corrected chi connectivity index (χ0v) is 13.8. The topological polar surface area (TPSA) is 68.2 Å². The SMILES string of the molecule is CSCCC(C(=O)NCC1CCS(=O)(=O)C1)n1cccc1. The molecule has 2 unspecified atom stereocenters. The van der Waals surface area contributed by atoms with E-state index in [4.69, 9.17) is 0 Å². The Morgan fingerprint density at radius 3 is 2.71 bits per heavy atom. The molecule has 1 aliphatic heterocycles. The van der Waals surface area contributed by atoms with Crippen LogP contribution in [0.5, 0.6) is 0 Å². The van der Waals surface area contributed by atoms with Crippen molar-refractivity contribution in [3.8, 4) is 0 Å². The number of amides is 1. The van der Waals surface area contributed by atoms with E-state index in [0.29, 0.717) is 13.0 Å². The average molecular weight is 330 g/mol. The van der Waals surface area contributed by atoms with Crippen LogP contribution in [0.2, 0.25) is 0 Å². The molecule has 2 rings (SSSR count). The molecule has 0 saturated carbocycles. The zero-order valence-electron chi connectivity index (χ0n) is 12.2. The third-order valence-corrected chi connectivity index (χ3v) is 6.26. The Kier molecular flexibility index (Phi) is 5.75. The summed E-state index contributed by atoms with van der Waals surface area (Å²) in [7, 11) is -2.88. The van der Waals surface area contributed by atoms with Gasteiger partial charge in [-0.05, 0) is 42.9 Å². The lowest BCUT2D eigenvalue weighted by Gasteiger charge is -2.19. The number of nitrogens with one attached hydrogen (secondary N) is 1. The van der Waals surface area contributed by atoms with Crippen LogP contribution in [0.1, 0.15) is 18.9 Å². The van der Waals surface area contributed by atoms with Gasteiger partial charge in [-0.2, -0.15) is 11.8 Å². The van der Waals surface area contributed by atoms with Gasteiger partial charge in [-0.3, -0.25) is 4.79 Å². The fourth-order valence-electron chi connectivity index (χ4n) is 2.60. The summed E-state index contributed by atoms with van der Waals surface area (Å²) in [6, 6.07) is 3.59. The van der Waals surface area contributed by atoms with E-state index in [1.807, 2.05) is 35.3 Å². The van der Waals surface area contributed by atoms with Gasteiger partial charge in [0, 0.05) is 18.9 Å². The molecule has 0 spiro atoms. The third kappa shape index (κ3) is 4.78. The van der Waals surface area contributed by atoms with Crippen molar-refractivity contribution < 1.29 is 13.2 Å². The first-order valence-corrected chi connectivity index (χ1v) is 10.3. The summed E-state index contributed by atoms with van der Waals surface area (Å²) in [5.74, 6) is 1.40. The summed E-state index contributed by atoms with van der Waals surface area (Å²) in [6.07, 6.45) is 7.23. The minimum Gasteiger partial charge on any atom is -0.354 e. The van der Waals surface area contributed by atoms with Crippen LogP contribution in [-0.4, -0.2) is 49.0 Å². The summed E-state index contributed by atoms with van der Waals surface area (Å²) in [6.45, 7) is 0.453. The Morgan fingerprint density at radius 2 is 2.14 bits per heavy atom. The molecule has 1 amide bonds. The molecule has 0 aromatic carbocycles. The number of hydrogen-bond donors (Lipinski definition) is 1. The molecule has 1 saturated heterocycles. The smallest absolute Gasteiger partial charge is 0.243 e. The van der Waals surface area contributed by atoms with Gasteiger partial charge in [0.15, 0.2) is 9.84 Å². The molecule has 0 radical (unpaired) electrons. The number of nitrogens with zero attached hydrogens (tertiary/aromatic N) is 1. The van der Waals surface area contributed by atoms with Gasteiger partial charge in [-0.25, -0.2) is 8.42 Å². The summed E-state index contributed by atoms with van der Waals surface area (Å²) < 4.78 is 24.8. The van der Waals surface area contributed by atoms with Crippen molar-refractivity contribution in [1.82, 2.24) is 9.88 Å². The third-order valence-electron chi connectivity index (χ3n) is 3.78. The molecule has 1 fully saturated rings. The van der Waals surface area contributed by atoms with Gasteiger partial charge in [0.05, 0.1) is 11.5 Å². The van der Waals surface area contributed by atoms with Crippen LogP contribution in [0, 0.1) is 5.92 Å². The van der Waals surface area contributed by atoms with Gasteiger partial charge in [0.2, 0.25) is 5.91 Å². The van der Waals surface area contributed by atoms with Gasteiger partial charge in [-0.1, -0.05) is 0 Å². The normalized spacial score (nSPS) is 22.0. The highest BCUT2D eigenvalue weighted by Crippen LogP contribution is 2.19. The average Bonchev–Trinajstić information content (AvgIpc) is 3.06. The molecule has 1 aliphatic rings. The summed E-state index contributed by atoms with van der Waals surface area (Å²) >= 11 is 1.72. The second-order valence-corrected chi connectivity index (χ2v) is 8.66. The molecule has 1 aromatic rings. The molecule has 1 aromatic heterocycles. The van der Waals surface area contributed by atoms with Crippen molar-refractivity contribution in [1.29, 1.82) is 0 Å². The molecule has 2 atom stereocenters. The Bertz CT molecular complexity index is 555. The van der Waals surface area contributed by atoms with Crippen LogP contribution < -0.4 is 5.32 Å². The highest BCUT2D eigenvalue weighted by molar-refractivity contribution is 7.98. The fraction of sp³-hybridized carbons (Fsp3) is 0.643. The molecule has 7 heteroatoms. The van der Waals surface area contributed by atoms with E-state index in [0.717, 1.165) is 12.2 Å². The van der Waals surface area contributed by atoms with Crippen LogP contribution in [0.25, 0.3) is 0 Å². The molecular weight excluding hydrogens is 308 g/mol. The van der Waals surface area contributed by atoms with Crippen molar-refractivity contribution >= 4 is 27.5 Å². The van der Waals surface area contributed by atoms with Gasteiger partial charge in [0.1, 0.15) is 6.04 Å². The number of rotatable bonds is 7. The standard InChI is InChI=1S/C14H22N2O3S2/c1-20-8-4-13(16-6-2-3-7-16)14(17)15-10-12-5-9-21(18,19)11-12/h2-3,6-7,12-13H,4-5,8-11H2,1H3,(H,15,17).